The summed E-state index contributed by atoms with van der Waals surface area (Å²) in [5, 5.41) is 17.9. The summed E-state index contributed by atoms with van der Waals surface area (Å²) in [7, 11) is 0. The third kappa shape index (κ3) is 3.52. The molecule has 1 aliphatic heterocycles. The molecule has 1 unspecified atom stereocenters. The van der Waals surface area contributed by atoms with Gasteiger partial charge in [0.05, 0.1) is 6.10 Å². The van der Waals surface area contributed by atoms with Gasteiger partial charge in [-0.15, -0.1) is 0 Å². The van der Waals surface area contributed by atoms with Gasteiger partial charge in [-0.1, -0.05) is 0 Å². The minimum Gasteiger partial charge on any atom is -0.396 e. The van der Waals surface area contributed by atoms with E-state index < -0.39 is 0 Å². The number of nitrogens with zero attached hydrogens (tertiary/aromatic N) is 1. The van der Waals surface area contributed by atoms with Gasteiger partial charge in [0.15, 0.2) is 0 Å². The highest BCUT2D eigenvalue weighted by molar-refractivity contribution is 4.71. The normalized spacial score (nSPS) is 26.0. The average molecular weight is 173 g/mol. The first-order chi connectivity index (χ1) is 5.83. The summed E-state index contributed by atoms with van der Waals surface area (Å²) < 4.78 is 0. The molecule has 0 bridgehead atoms. The van der Waals surface area contributed by atoms with Crippen LogP contribution in [0.1, 0.15) is 25.7 Å². The van der Waals surface area contributed by atoms with Crippen LogP contribution in [-0.4, -0.2) is 47.5 Å². The van der Waals surface area contributed by atoms with Crippen molar-refractivity contribution < 1.29 is 10.2 Å². The maximum atomic E-state index is 9.35. The summed E-state index contributed by atoms with van der Waals surface area (Å²) in [6, 6.07) is 0. The molecule has 0 aromatic rings. The predicted octanol–water partition coefficient (Wildman–Crippen LogP) is 0.216. The Hall–Kier alpha value is -0.120. The van der Waals surface area contributed by atoms with Crippen LogP contribution in [0.25, 0.3) is 0 Å². The summed E-state index contributed by atoms with van der Waals surface area (Å²) in [6.07, 6.45) is 3.87. The highest BCUT2D eigenvalue weighted by atomic mass is 16.3. The van der Waals surface area contributed by atoms with Crippen LogP contribution in [0.2, 0.25) is 0 Å². The van der Waals surface area contributed by atoms with Gasteiger partial charge in [-0.3, -0.25) is 0 Å². The first-order valence-electron chi connectivity index (χ1n) is 4.84. The number of aliphatic hydroxyl groups is 2. The van der Waals surface area contributed by atoms with Crippen LogP contribution < -0.4 is 0 Å². The van der Waals surface area contributed by atoms with Crippen molar-refractivity contribution in [2.45, 2.75) is 31.8 Å². The Morgan fingerprint density at radius 2 is 2.17 bits per heavy atom. The molecule has 1 rings (SSSR count). The zero-order valence-electron chi connectivity index (χ0n) is 7.58. The molecule has 1 fully saturated rings. The number of rotatable bonds is 4. The van der Waals surface area contributed by atoms with Gasteiger partial charge >= 0.3 is 0 Å². The second kappa shape index (κ2) is 5.51. The van der Waals surface area contributed by atoms with Crippen LogP contribution in [0.5, 0.6) is 0 Å². The summed E-state index contributed by atoms with van der Waals surface area (Å²) in [5.41, 5.74) is 0. The van der Waals surface area contributed by atoms with E-state index in [2.05, 4.69) is 4.90 Å². The van der Waals surface area contributed by atoms with Crippen molar-refractivity contribution in [3.05, 3.63) is 0 Å². The summed E-state index contributed by atoms with van der Waals surface area (Å²) in [6.45, 7) is 3.25. The van der Waals surface area contributed by atoms with Crippen LogP contribution in [-0.2, 0) is 0 Å². The molecule has 0 spiro atoms. The quantitative estimate of drug-likeness (QED) is 0.598. The topological polar surface area (TPSA) is 43.7 Å². The van der Waals surface area contributed by atoms with Crippen LogP contribution in [0, 0.1) is 0 Å². The van der Waals surface area contributed by atoms with Gasteiger partial charge in [0.2, 0.25) is 0 Å². The standard InChI is InChI=1S/C9H19NO2/c11-7-2-1-5-10-6-3-4-9(12)8-10/h9,11-12H,1-8H2. The Morgan fingerprint density at radius 3 is 2.83 bits per heavy atom. The second-order valence-electron chi connectivity index (χ2n) is 3.53. The first kappa shape index (κ1) is 9.96. The molecule has 1 heterocycles. The molecule has 72 valence electrons. The van der Waals surface area contributed by atoms with Crippen molar-refractivity contribution in [1.82, 2.24) is 4.90 Å². The number of unbranched alkanes of at least 4 members (excludes halogenated alkanes) is 1. The van der Waals surface area contributed by atoms with E-state index in [1.165, 1.54) is 0 Å². The number of hydrogen-bond donors (Lipinski definition) is 2. The Kier molecular flexibility index (Phi) is 4.58. The third-order valence-electron chi connectivity index (χ3n) is 2.36. The lowest BCUT2D eigenvalue weighted by Gasteiger charge is -2.29. The monoisotopic (exact) mass is 173 g/mol. The minimum absolute atomic E-state index is 0.118. The molecule has 1 atom stereocenters. The molecule has 3 nitrogen and oxygen atoms in total. The Morgan fingerprint density at radius 1 is 1.33 bits per heavy atom. The molecule has 1 saturated heterocycles. The average Bonchev–Trinajstić information content (AvgIpc) is 2.05. The van der Waals surface area contributed by atoms with Gasteiger partial charge in [0.1, 0.15) is 0 Å². The lowest BCUT2D eigenvalue weighted by Crippen LogP contribution is -2.38. The first-order valence-corrected chi connectivity index (χ1v) is 4.84. The number of hydrogen-bond acceptors (Lipinski definition) is 3. The number of β-amino-alcohol motifs (C(OH)–C–C–N with tert-alkyl or cyclic N) is 1. The van der Waals surface area contributed by atoms with Gasteiger partial charge in [0, 0.05) is 13.2 Å². The third-order valence-corrected chi connectivity index (χ3v) is 2.36. The molecule has 1 aliphatic rings. The Balaban J connectivity index is 2.06. The van der Waals surface area contributed by atoms with Gasteiger partial charge < -0.3 is 15.1 Å². The molecule has 0 saturated carbocycles. The van der Waals surface area contributed by atoms with E-state index in [-0.39, 0.29) is 12.7 Å². The molecular weight excluding hydrogens is 154 g/mol. The summed E-state index contributed by atoms with van der Waals surface area (Å²) >= 11 is 0. The van der Waals surface area contributed by atoms with Crippen LogP contribution >= 0.6 is 0 Å². The van der Waals surface area contributed by atoms with Gasteiger partial charge in [-0.2, -0.15) is 0 Å². The lowest BCUT2D eigenvalue weighted by molar-refractivity contribution is 0.0691. The van der Waals surface area contributed by atoms with Crippen molar-refractivity contribution >= 4 is 0 Å². The molecule has 0 radical (unpaired) electrons. The molecular formula is C9H19NO2. The van der Waals surface area contributed by atoms with Gasteiger partial charge in [0.25, 0.3) is 0 Å². The molecule has 0 aromatic heterocycles. The zero-order chi connectivity index (χ0) is 8.81. The fourth-order valence-corrected chi connectivity index (χ4v) is 1.68. The minimum atomic E-state index is -0.118. The summed E-state index contributed by atoms with van der Waals surface area (Å²) in [4.78, 5) is 2.28. The maximum Gasteiger partial charge on any atom is 0.0667 e. The number of aliphatic hydroxyl groups excluding tert-OH is 2. The van der Waals surface area contributed by atoms with Crippen molar-refractivity contribution in [3.63, 3.8) is 0 Å². The smallest absolute Gasteiger partial charge is 0.0667 e. The number of piperidine rings is 1. The summed E-state index contributed by atoms with van der Waals surface area (Å²) in [5.74, 6) is 0. The van der Waals surface area contributed by atoms with E-state index in [4.69, 9.17) is 5.11 Å². The van der Waals surface area contributed by atoms with E-state index in [1.54, 1.807) is 0 Å². The fourth-order valence-electron chi connectivity index (χ4n) is 1.68. The van der Waals surface area contributed by atoms with Crippen molar-refractivity contribution in [2.75, 3.05) is 26.2 Å². The highest BCUT2D eigenvalue weighted by Gasteiger charge is 2.16. The van der Waals surface area contributed by atoms with E-state index in [0.717, 1.165) is 45.3 Å². The predicted molar refractivity (Wildman–Crippen MR) is 48.0 cm³/mol. The van der Waals surface area contributed by atoms with Crippen LogP contribution in [0.4, 0.5) is 0 Å². The molecule has 0 aromatic carbocycles. The SMILES string of the molecule is OCCCCN1CCCC(O)C1. The van der Waals surface area contributed by atoms with E-state index in [1.807, 2.05) is 0 Å². The maximum absolute atomic E-state index is 9.35. The van der Waals surface area contributed by atoms with E-state index >= 15 is 0 Å². The molecule has 12 heavy (non-hydrogen) atoms. The van der Waals surface area contributed by atoms with E-state index in [9.17, 15) is 5.11 Å². The van der Waals surface area contributed by atoms with Crippen molar-refractivity contribution in [3.8, 4) is 0 Å². The lowest BCUT2D eigenvalue weighted by atomic mass is 10.1. The van der Waals surface area contributed by atoms with Crippen LogP contribution in [0.3, 0.4) is 0 Å². The molecule has 2 N–H and O–H groups in total. The van der Waals surface area contributed by atoms with Crippen molar-refractivity contribution in [1.29, 1.82) is 0 Å². The van der Waals surface area contributed by atoms with E-state index in [0.29, 0.717) is 0 Å². The Bertz CT molecular complexity index is 119. The molecule has 0 amide bonds. The highest BCUT2D eigenvalue weighted by Crippen LogP contribution is 2.10. The molecule has 0 aliphatic carbocycles. The number of likely N-dealkylation sites (tertiary alicyclic amines) is 1. The van der Waals surface area contributed by atoms with Crippen molar-refractivity contribution in [2.24, 2.45) is 0 Å². The Labute approximate surface area is 74.0 Å². The zero-order valence-corrected chi connectivity index (χ0v) is 7.58. The second-order valence-corrected chi connectivity index (χ2v) is 3.53. The largest absolute Gasteiger partial charge is 0.396 e. The fraction of sp³-hybridized carbons (Fsp3) is 1.00. The van der Waals surface area contributed by atoms with Gasteiger partial charge in [-0.25, -0.2) is 0 Å². The van der Waals surface area contributed by atoms with Crippen LogP contribution in [0.15, 0.2) is 0 Å². The molecule has 3 heteroatoms. The van der Waals surface area contributed by atoms with Gasteiger partial charge in [-0.05, 0) is 38.8 Å².